The molecule has 2 aromatic rings. The second-order valence-corrected chi connectivity index (χ2v) is 7.23. The van der Waals surface area contributed by atoms with Gasteiger partial charge < -0.3 is 15.1 Å². The Morgan fingerprint density at radius 3 is 2.50 bits per heavy atom. The van der Waals surface area contributed by atoms with E-state index in [0.29, 0.717) is 22.9 Å². The van der Waals surface area contributed by atoms with Crippen molar-refractivity contribution in [2.24, 2.45) is 0 Å². The molecule has 1 saturated heterocycles. The van der Waals surface area contributed by atoms with E-state index < -0.39 is 0 Å². The summed E-state index contributed by atoms with van der Waals surface area (Å²) >= 11 is 6.34. The van der Waals surface area contributed by atoms with Crippen LogP contribution in [0.2, 0.25) is 5.02 Å². The Bertz CT molecular complexity index is 755. The van der Waals surface area contributed by atoms with Gasteiger partial charge in [-0.25, -0.2) is 4.98 Å². The molecule has 1 aliphatic rings. The summed E-state index contributed by atoms with van der Waals surface area (Å²) in [6.07, 6.45) is 4.94. The number of carbonyl (C=O) groups is 1. The lowest BCUT2D eigenvalue weighted by Crippen LogP contribution is -2.35. The van der Waals surface area contributed by atoms with Gasteiger partial charge in [-0.15, -0.1) is 0 Å². The largest absolute Gasteiger partial charge is 0.378 e. The third-order valence-electron chi connectivity index (χ3n) is 4.64. The first kappa shape index (κ1) is 18.5. The lowest BCUT2D eigenvalue weighted by Gasteiger charge is -2.26. The van der Waals surface area contributed by atoms with E-state index in [4.69, 9.17) is 11.6 Å². The van der Waals surface area contributed by atoms with Gasteiger partial charge in [-0.3, -0.25) is 4.79 Å². The van der Waals surface area contributed by atoms with Gasteiger partial charge in [0.05, 0.1) is 10.6 Å². The zero-order valence-corrected chi connectivity index (χ0v) is 16.1. The molecule has 1 fully saturated rings. The van der Waals surface area contributed by atoms with E-state index in [-0.39, 0.29) is 5.91 Å². The zero-order chi connectivity index (χ0) is 18.5. The van der Waals surface area contributed by atoms with Crippen LogP contribution in [0.15, 0.2) is 36.5 Å². The average Bonchev–Trinajstić information content (AvgIpc) is 2.67. The minimum absolute atomic E-state index is 0.0184. The van der Waals surface area contributed by atoms with Crippen LogP contribution in [0.1, 0.15) is 35.2 Å². The molecule has 0 spiro atoms. The Morgan fingerprint density at radius 1 is 1.19 bits per heavy atom. The van der Waals surface area contributed by atoms with Crippen LogP contribution in [0, 0.1) is 0 Å². The molecule has 0 saturated carbocycles. The molecular formula is C20H25ClN4O. The van der Waals surface area contributed by atoms with Crippen LogP contribution < -0.4 is 10.2 Å². The highest BCUT2D eigenvalue weighted by atomic mass is 35.5. The fraction of sp³-hybridized carbons (Fsp3) is 0.400. The molecule has 0 radical (unpaired) electrons. The molecule has 1 amide bonds. The molecule has 0 atom stereocenters. The summed E-state index contributed by atoms with van der Waals surface area (Å²) < 4.78 is 0. The fourth-order valence-corrected chi connectivity index (χ4v) is 3.30. The van der Waals surface area contributed by atoms with Crippen molar-refractivity contribution in [3.8, 4) is 0 Å². The van der Waals surface area contributed by atoms with Crippen LogP contribution in [-0.2, 0) is 6.54 Å². The van der Waals surface area contributed by atoms with E-state index in [2.05, 4.69) is 39.5 Å². The molecule has 6 heteroatoms. The highest BCUT2D eigenvalue weighted by molar-refractivity contribution is 6.33. The number of rotatable bonds is 5. The zero-order valence-electron chi connectivity index (χ0n) is 15.3. The van der Waals surface area contributed by atoms with Gasteiger partial charge in [0, 0.05) is 45.6 Å². The van der Waals surface area contributed by atoms with E-state index >= 15 is 0 Å². The Kier molecular flexibility index (Phi) is 5.99. The van der Waals surface area contributed by atoms with E-state index in [1.807, 2.05) is 19.0 Å². The number of halogens is 1. The van der Waals surface area contributed by atoms with Crippen LogP contribution in [0.5, 0.6) is 0 Å². The quantitative estimate of drug-likeness (QED) is 0.860. The van der Waals surface area contributed by atoms with Crippen LogP contribution in [0.25, 0.3) is 0 Å². The Morgan fingerprint density at radius 2 is 1.88 bits per heavy atom. The Hall–Kier alpha value is -2.27. The third kappa shape index (κ3) is 4.47. The minimum Gasteiger partial charge on any atom is -0.378 e. The van der Waals surface area contributed by atoms with Crippen molar-refractivity contribution >= 4 is 29.0 Å². The summed E-state index contributed by atoms with van der Waals surface area (Å²) in [6, 6.07) is 10.0. The Labute approximate surface area is 160 Å². The van der Waals surface area contributed by atoms with Gasteiger partial charge in [-0.2, -0.15) is 0 Å². The number of pyridine rings is 1. The van der Waals surface area contributed by atoms with Gasteiger partial charge in [0.2, 0.25) is 0 Å². The first-order valence-corrected chi connectivity index (χ1v) is 9.37. The number of carbonyl (C=O) groups excluding carboxylic acids is 1. The fourth-order valence-electron chi connectivity index (χ4n) is 3.06. The van der Waals surface area contributed by atoms with Crippen molar-refractivity contribution < 1.29 is 4.79 Å². The number of amides is 1. The van der Waals surface area contributed by atoms with Crippen LogP contribution in [-0.4, -0.2) is 43.0 Å². The van der Waals surface area contributed by atoms with Gasteiger partial charge >= 0.3 is 0 Å². The highest BCUT2D eigenvalue weighted by Gasteiger charge is 2.19. The number of likely N-dealkylation sites (tertiary alicyclic amines) is 1. The molecule has 0 unspecified atom stereocenters. The average molecular weight is 373 g/mol. The maximum Gasteiger partial charge on any atom is 0.255 e. The lowest BCUT2D eigenvalue weighted by atomic mass is 10.1. The number of nitrogens with zero attached hydrogens (tertiary/aromatic N) is 3. The number of anilines is 2. The number of benzene rings is 1. The maximum atomic E-state index is 12.5. The second-order valence-electron chi connectivity index (χ2n) is 6.82. The molecule has 0 aliphatic carbocycles. The van der Waals surface area contributed by atoms with Gasteiger partial charge in [0.25, 0.3) is 5.91 Å². The van der Waals surface area contributed by atoms with Crippen LogP contribution in [0.4, 0.5) is 11.5 Å². The van der Waals surface area contributed by atoms with Crippen molar-refractivity contribution in [1.29, 1.82) is 0 Å². The predicted octanol–water partition coefficient (Wildman–Crippen LogP) is 4.04. The number of piperidine rings is 1. The molecule has 0 bridgehead atoms. The Balaban J connectivity index is 1.63. The van der Waals surface area contributed by atoms with Crippen molar-refractivity contribution in [3.05, 3.63) is 52.7 Å². The minimum atomic E-state index is 0.0184. The number of hydrogen-bond acceptors (Lipinski definition) is 4. The number of aromatic nitrogens is 1. The number of hydrogen-bond donors (Lipinski definition) is 1. The number of nitrogens with one attached hydrogen (secondary N) is 1. The van der Waals surface area contributed by atoms with Crippen molar-refractivity contribution in [3.63, 3.8) is 0 Å². The molecule has 1 N–H and O–H groups in total. The molecule has 1 aliphatic heterocycles. The van der Waals surface area contributed by atoms with Gasteiger partial charge in [-0.1, -0.05) is 23.7 Å². The third-order valence-corrected chi connectivity index (χ3v) is 4.93. The van der Waals surface area contributed by atoms with Crippen molar-refractivity contribution in [1.82, 2.24) is 9.88 Å². The van der Waals surface area contributed by atoms with Gasteiger partial charge in [0.1, 0.15) is 5.82 Å². The lowest BCUT2D eigenvalue weighted by molar-refractivity contribution is 0.0724. The molecule has 1 aromatic carbocycles. The normalized spacial score (nSPS) is 14.2. The second kappa shape index (κ2) is 8.41. The summed E-state index contributed by atoms with van der Waals surface area (Å²) in [5, 5.41) is 3.71. The molecule has 3 rings (SSSR count). The standard InChI is InChI=1S/C20H25ClN4O/c1-24(2)17-8-6-15(7-9-17)13-22-19-18(21)12-16(14-23-19)20(26)25-10-4-3-5-11-25/h6-9,12,14H,3-5,10-11,13H2,1-2H3,(H,22,23). The topological polar surface area (TPSA) is 48.5 Å². The first-order valence-electron chi connectivity index (χ1n) is 8.99. The van der Waals surface area contributed by atoms with E-state index in [0.717, 1.165) is 37.2 Å². The predicted molar refractivity (Wildman–Crippen MR) is 107 cm³/mol. The highest BCUT2D eigenvalue weighted by Crippen LogP contribution is 2.23. The molecule has 26 heavy (non-hydrogen) atoms. The first-order chi connectivity index (χ1) is 12.5. The molecule has 5 nitrogen and oxygen atoms in total. The maximum absolute atomic E-state index is 12.5. The summed E-state index contributed by atoms with van der Waals surface area (Å²) in [5.41, 5.74) is 2.85. The van der Waals surface area contributed by atoms with Gasteiger partial charge in [0.15, 0.2) is 0 Å². The van der Waals surface area contributed by atoms with Crippen LogP contribution >= 0.6 is 11.6 Å². The summed E-state index contributed by atoms with van der Waals surface area (Å²) in [7, 11) is 4.04. The van der Waals surface area contributed by atoms with E-state index in [1.54, 1.807) is 12.3 Å². The molecular weight excluding hydrogens is 348 g/mol. The summed E-state index contributed by atoms with van der Waals surface area (Å²) in [4.78, 5) is 20.8. The van der Waals surface area contributed by atoms with Crippen molar-refractivity contribution in [2.75, 3.05) is 37.4 Å². The molecule has 138 valence electrons. The molecule has 2 heterocycles. The SMILES string of the molecule is CN(C)c1ccc(CNc2ncc(C(=O)N3CCCCC3)cc2Cl)cc1. The summed E-state index contributed by atoms with van der Waals surface area (Å²) in [6.45, 7) is 2.26. The monoisotopic (exact) mass is 372 g/mol. The van der Waals surface area contributed by atoms with Crippen LogP contribution in [0.3, 0.4) is 0 Å². The van der Waals surface area contributed by atoms with Crippen molar-refractivity contribution in [2.45, 2.75) is 25.8 Å². The molecule has 1 aromatic heterocycles. The van der Waals surface area contributed by atoms with Gasteiger partial charge in [-0.05, 0) is 43.0 Å². The van der Waals surface area contributed by atoms with E-state index in [9.17, 15) is 4.79 Å². The van der Waals surface area contributed by atoms with E-state index in [1.165, 1.54) is 6.42 Å². The summed E-state index contributed by atoms with van der Waals surface area (Å²) in [5.74, 6) is 0.614. The smallest absolute Gasteiger partial charge is 0.255 e.